The molecule has 0 N–H and O–H groups in total. The fourth-order valence-corrected chi connectivity index (χ4v) is 4.61. The lowest BCUT2D eigenvalue weighted by Gasteiger charge is -2.36. The van der Waals surface area contributed by atoms with Crippen LogP contribution in [0.1, 0.15) is 17.8 Å². The van der Waals surface area contributed by atoms with Crippen molar-refractivity contribution in [1.29, 1.82) is 0 Å². The van der Waals surface area contributed by atoms with Crippen LogP contribution in [0.25, 0.3) is 0 Å². The molecule has 3 aromatic rings. The van der Waals surface area contributed by atoms with E-state index in [1.807, 2.05) is 79.4 Å². The molecule has 0 spiro atoms. The van der Waals surface area contributed by atoms with Crippen molar-refractivity contribution in [3.63, 3.8) is 0 Å². The zero-order valence-electron chi connectivity index (χ0n) is 20.1. The number of rotatable bonds is 5. The van der Waals surface area contributed by atoms with Gasteiger partial charge in [0.1, 0.15) is 17.4 Å². The van der Waals surface area contributed by atoms with Gasteiger partial charge in [-0.25, -0.2) is 4.98 Å². The molecule has 3 heterocycles. The SMILES string of the molecule is Cc1ccc(N2CC(C(=O)N3CCN(c4cc(Oc5ccccc5)nc(C)n4)CC3)CC2=O)cc1. The number of hydrogen-bond donors (Lipinski definition) is 0. The van der Waals surface area contributed by atoms with E-state index in [1.54, 1.807) is 4.90 Å². The molecule has 2 saturated heterocycles. The molecule has 0 aliphatic carbocycles. The van der Waals surface area contributed by atoms with Crippen LogP contribution in [-0.4, -0.2) is 59.4 Å². The highest BCUT2D eigenvalue weighted by Crippen LogP contribution is 2.28. The first-order valence-corrected chi connectivity index (χ1v) is 12.0. The Morgan fingerprint density at radius 3 is 2.37 bits per heavy atom. The number of carbonyl (C=O) groups is 2. The van der Waals surface area contributed by atoms with Crippen molar-refractivity contribution >= 4 is 23.3 Å². The topological polar surface area (TPSA) is 78.9 Å². The normalized spacial score (nSPS) is 18.2. The molecule has 0 bridgehead atoms. The van der Waals surface area contributed by atoms with Gasteiger partial charge in [0.15, 0.2) is 0 Å². The lowest BCUT2D eigenvalue weighted by molar-refractivity contribution is -0.136. The third-order valence-corrected chi connectivity index (χ3v) is 6.50. The minimum Gasteiger partial charge on any atom is -0.439 e. The standard InChI is InChI=1S/C27H29N5O3/c1-19-8-10-22(11-9-19)32-18-21(16-26(32)33)27(34)31-14-12-30(13-15-31)24-17-25(29-20(2)28-24)35-23-6-4-3-5-7-23/h3-11,17,21H,12-16,18H2,1-2H3. The van der Waals surface area contributed by atoms with Gasteiger partial charge in [-0.05, 0) is 38.1 Å². The van der Waals surface area contributed by atoms with Crippen molar-refractivity contribution < 1.29 is 14.3 Å². The van der Waals surface area contributed by atoms with Gasteiger partial charge in [-0.1, -0.05) is 35.9 Å². The Kier molecular flexibility index (Phi) is 6.35. The predicted molar refractivity (Wildman–Crippen MR) is 134 cm³/mol. The minimum absolute atomic E-state index is 0.00763. The summed E-state index contributed by atoms with van der Waals surface area (Å²) in [6, 6.07) is 19.2. The number of carbonyl (C=O) groups excluding carboxylic acids is 2. The first-order chi connectivity index (χ1) is 17.0. The summed E-state index contributed by atoms with van der Waals surface area (Å²) in [7, 11) is 0. The molecule has 1 aromatic heterocycles. The van der Waals surface area contributed by atoms with E-state index < -0.39 is 0 Å². The molecule has 2 fully saturated rings. The number of anilines is 2. The molecule has 2 aliphatic heterocycles. The van der Waals surface area contributed by atoms with E-state index in [9.17, 15) is 9.59 Å². The smallest absolute Gasteiger partial charge is 0.228 e. The fourth-order valence-electron chi connectivity index (χ4n) is 4.61. The summed E-state index contributed by atoms with van der Waals surface area (Å²) in [5, 5.41) is 0. The van der Waals surface area contributed by atoms with Crippen LogP contribution in [0, 0.1) is 19.8 Å². The monoisotopic (exact) mass is 471 g/mol. The molecule has 2 aromatic carbocycles. The third-order valence-electron chi connectivity index (χ3n) is 6.50. The highest BCUT2D eigenvalue weighted by atomic mass is 16.5. The van der Waals surface area contributed by atoms with Gasteiger partial charge in [0.05, 0.1) is 5.92 Å². The van der Waals surface area contributed by atoms with E-state index in [-0.39, 0.29) is 24.2 Å². The molecule has 2 aliphatic rings. The van der Waals surface area contributed by atoms with Gasteiger partial charge in [-0.2, -0.15) is 4.98 Å². The zero-order chi connectivity index (χ0) is 24.4. The van der Waals surface area contributed by atoms with E-state index >= 15 is 0 Å². The first-order valence-electron chi connectivity index (χ1n) is 12.0. The molecule has 35 heavy (non-hydrogen) atoms. The molecule has 8 nitrogen and oxygen atoms in total. The lowest BCUT2D eigenvalue weighted by Crippen LogP contribution is -2.51. The Hall–Kier alpha value is -3.94. The van der Waals surface area contributed by atoms with Crippen molar-refractivity contribution in [2.24, 2.45) is 5.92 Å². The number of benzene rings is 2. The van der Waals surface area contributed by atoms with Gasteiger partial charge < -0.3 is 19.4 Å². The Morgan fingerprint density at radius 2 is 1.66 bits per heavy atom. The van der Waals surface area contributed by atoms with E-state index in [1.165, 1.54) is 0 Å². The Morgan fingerprint density at radius 1 is 0.943 bits per heavy atom. The largest absolute Gasteiger partial charge is 0.439 e. The second-order valence-corrected chi connectivity index (χ2v) is 9.08. The van der Waals surface area contributed by atoms with Gasteiger partial charge in [0.2, 0.25) is 17.7 Å². The van der Waals surface area contributed by atoms with Crippen LogP contribution >= 0.6 is 0 Å². The maximum Gasteiger partial charge on any atom is 0.228 e. The summed E-state index contributed by atoms with van der Waals surface area (Å²) in [4.78, 5) is 40.6. The van der Waals surface area contributed by atoms with Gasteiger partial charge >= 0.3 is 0 Å². The number of piperazine rings is 1. The number of amides is 2. The predicted octanol–water partition coefficient (Wildman–Crippen LogP) is 3.59. The summed E-state index contributed by atoms with van der Waals surface area (Å²) in [6.45, 7) is 6.80. The van der Waals surface area contributed by atoms with Crippen molar-refractivity contribution in [3.8, 4) is 11.6 Å². The van der Waals surface area contributed by atoms with Gasteiger partial charge in [0.25, 0.3) is 0 Å². The molecule has 1 atom stereocenters. The van der Waals surface area contributed by atoms with Gasteiger partial charge in [-0.3, -0.25) is 9.59 Å². The summed E-state index contributed by atoms with van der Waals surface area (Å²) in [5.41, 5.74) is 2.00. The minimum atomic E-state index is -0.303. The number of para-hydroxylation sites is 1. The van der Waals surface area contributed by atoms with Crippen LogP contribution in [0.5, 0.6) is 11.6 Å². The molecular weight excluding hydrogens is 442 g/mol. The van der Waals surface area contributed by atoms with Crippen LogP contribution in [0.4, 0.5) is 11.5 Å². The van der Waals surface area contributed by atoms with E-state index in [2.05, 4.69) is 14.9 Å². The van der Waals surface area contributed by atoms with Crippen molar-refractivity contribution in [1.82, 2.24) is 14.9 Å². The van der Waals surface area contributed by atoms with E-state index in [0.29, 0.717) is 44.4 Å². The number of aromatic nitrogens is 2. The Balaban J connectivity index is 1.20. The second-order valence-electron chi connectivity index (χ2n) is 9.08. The van der Waals surface area contributed by atoms with E-state index in [0.717, 1.165) is 22.8 Å². The zero-order valence-corrected chi connectivity index (χ0v) is 20.1. The Bertz CT molecular complexity index is 1210. The molecular formula is C27H29N5O3. The maximum absolute atomic E-state index is 13.2. The number of hydrogen-bond acceptors (Lipinski definition) is 6. The molecule has 180 valence electrons. The molecule has 0 saturated carbocycles. The molecule has 8 heteroatoms. The lowest BCUT2D eigenvalue weighted by atomic mass is 10.1. The summed E-state index contributed by atoms with van der Waals surface area (Å²) in [5.74, 6) is 2.40. The fraction of sp³-hybridized carbons (Fsp3) is 0.333. The highest BCUT2D eigenvalue weighted by Gasteiger charge is 2.38. The average molecular weight is 472 g/mol. The molecule has 5 rings (SSSR count). The highest BCUT2D eigenvalue weighted by molar-refractivity contribution is 6.00. The van der Waals surface area contributed by atoms with Crippen LogP contribution in [0.2, 0.25) is 0 Å². The van der Waals surface area contributed by atoms with Crippen LogP contribution < -0.4 is 14.5 Å². The van der Waals surface area contributed by atoms with Gasteiger partial charge in [-0.15, -0.1) is 0 Å². The molecule has 1 unspecified atom stereocenters. The van der Waals surface area contributed by atoms with Crippen molar-refractivity contribution in [3.05, 3.63) is 72.1 Å². The van der Waals surface area contributed by atoms with Gasteiger partial charge in [0, 0.05) is 50.9 Å². The summed E-state index contributed by atoms with van der Waals surface area (Å²) in [6.07, 6.45) is 0.262. The molecule has 0 radical (unpaired) electrons. The molecule has 2 amide bonds. The summed E-state index contributed by atoms with van der Waals surface area (Å²) >= 11 is 0. The number of aryl methyl sites for hydroxylation is 2. The summed E-state index contributed by atoms with van der Waals surface area (Å²) < 4.78 is 5.90. The maximum atomic E-state index is 13.2. The average Bonchev–Trinajstić information content (AvgIpc) is 3.26. The Labute approximate surface area is 205 Å². The quantitative estimate of drug-likeness (QED) is 0.566. The third kappa shape index (κ3) is 5.11. The van der Waals surface area contributed by atoms with Crippen LogP contribution in [0.3, 0.4) is 0 Å². The van der Waals surface area contributed by atoms with Crippen molar-refractivity contribution in [2.45, 2.75) is 20.3 Å². The number of nitrogens with zero attached hydrogens (tertiary/aromatic N) is 5. The first kappa shape index (κ1) is 22.8. The second kappa shape index (κ2) is 9.74. The number of ether oxygens (including phenoxy) is 1. The van der Waals surface area contributed by atoms with Crippen LogP contribution in [0.15, 0.2) is 60.7 Å². The van der Waals surface area contributed by atoms with Crippen LogP contribution in [-0.2, 0) is 9.59 Å². The van der Waals surface area contributed by atoms with E-state index in [4.69, 9.17) is 4.74 Å². The van der Waals surface area contributed by atoms with Crippen molar-refractivity contribution in [2.75, 3.05) is 42.5 Å².